The van der Waals surface area contributed by atoms with Gasteiger partial charge in [0.2, 0.25) is 0 Å². The molecule has 0 spiro atoms. The molecule has 0 aromatic heterocycles. The number of anilines is 1. The summed E-state index contributed by atoms with van der Waals surface area (Å²) in [7, 11) is -2.38. The van der Waals surface area contributed by atoms with Crippen LogP contribution in [0.1, 0.15) is 10.4 Å². The lowest BCUT2D eigenvalue weighted by atomic mass is 10.2. The number of carboxylic acids is 1. The van der Waals surface area contributed by atoms with Crippen LogP contribution in [0.4, 0.5) is 5.69 Å². The summed E-state index contributed by atoms with van der Waals surface area (Å²) in [5, 5.41) is 10.8. The number of ether oxygens (including phenoxy) is 1. The molecule has 2 rings (SSSR count). The summed E-state index contributed by atoms with van der Waals surface area (Å²) in [6.07, 6.45) is 0. The lowest BCUT2D eigenvalue weighted by molar-refractivity contribution is -0.255. The molecule has 116 valence electrons. The molecule has 0 aliphatic heterocycles. The molecular weight excluding hydrogens is 374 g/mol. The van der Waals surface area contributed by atoms with Gasteiger partial charge in [-0.1, -0.05) is 12.1 Å². The van der Waals surface area contributed by atoms with Gasteiger partial charge in [-0.3, -0.25) is 4.72 Å². The molecule has 0 radical (unpaired) electrons. The summed E-state index contributed by atoms with van der Waals surface area (Å²) in [5.74, 6) is -0.883. The Labute approximate surface area is 135 Å². The number of halogens is 1. The Morgan fingerprint density at radius 3 is 2.55 bits per heavy atom. The molecule has 0 fully saturated rings. The van der Waals surface area contributed by atoms with Crippen molar-refractivity contribution in [2.45, 2.75) is 4.90 Å². The van der Waals surface area contributed by atoms with Gasteiger partial charge in [-0.15, -0.1) is 0 Å². The smallest absolute Gasteiger partial charge is 0.261 e. The van der Waals surface area contributed by atoms with Gasteiger partial charge in [0.25, 0.3) is 10.0 Å². The fraction of sp³-hybridized carbons (Fsp3) is 0.0714. The lowest BCUT2D eigenvalue weighted by Crippen LogP contribution is -2.22. The number of sulfonamides is 1. The summed E-state index contributed by atoms with van der Waals surface area (Å²) < 4.78 is 32.4. The molecule has 0 heterocycles. The Bertz CT molecular complexity index is 820. The first-order chi connectivity index (χ1) is 10.3. The summed E-state index contributed by atoms with van der Waals surface area (Å²) in [6.45, 7) is 0. The van der Waals surface area contributed by atoms with Crippen LogP contribution >= 0.6 is 15.9 Å². The van der Waals surface area contributed by atoms with Crippen molar-refractivity contribution in [2.75, 3.05) is 11.8 Å². The molecule has 0 unspecified atom stereocenters. The maximum absolute atomic E-state index is 12.3. The van der Waals surface area contributed by atoms with Gasteiger partial charge in [0.05, 0.1) is 22.4 Å². The third-order valence-corrected chi connectivity index (χ3v) is 4.78. The van der Waals surface area contributed by atoms with Gasteiger partial charge in [0.15, 0.2) is 0 Å². The van der Waals surface area contributed by atoms with Gasteiger partial charge < -0.3 is 14.6 Å². The number of carboxylic acid groups (broad SMARTS) is 1. The fourth-order valence-electron chi connectivity index (χ4n) is 1.74. The van der Waals surface area contributed by atoms with Crippen LogP contribution < -0.4 is 14.6 Å². The van der Waals surface area contributed by atoms with Gasteiger partial charge in [-0.05, 0) is 51.8 Å². The molecule has 22 heavy (non-hydrogen) atoms. The van der Waals surface area contributed by atoms with E-state index in [0.29, 0.717) is 10.2 Å². The minimum absolute atomic E-state index is 0.0130. The Kier molecular flexibility index (Phi) is 4.72. The van der Waals surface area contributed by atoms with E-state index in [2.05, 4.69) is 20.7 Å². The number of nitrogens with one attached hydrogen (secondary N) is 1. The maximum Gasteiger partial charge on any atom is 0.261 e. The zero-order chi connectivity index (χ0) is 16.3. The maximum atomic E-state index is 12.3. The average molecular weight is 385 g/mol. The van der Waals surface area contributed by atoms with Gasteiger partial charge in [-0.2, -0.15) is 0 Å². The van der Waals surface area contributed by atoms with Gasteiger partial charge >= 0.3 is 0 Å². The van der Waals surface area contributed by atoms with E-state index < -0.39 is 16.0 Å². The third kappa shape index (κ3) is 3.58. The Hall–Kier alpha value is -2.06. The zero-order valence-corrected chi connectivity index (χ0v) is 13.8. The van der Waals surface area contributed by atoms with Crippen molar-refractivity contribution in [1.82, 2.24) is 0 Å². The van der Waals surface area contributed by atoms with Crippen molar-refractivity contribution in [2.24, 2.45) is 0 Å². The van der Waals surface area contributed by atoms with Crippen molar-refractivity contribution < 1.29 is 23.1 Å². The molecule has 0 saturated heterocycles. The number of methoxy groups -OCH3 is 1. The second-order valence-corrected chi connectivity index (χ2v) is 6.81. The quantitative estimate of drug-likeness (QED) is 0.844. The van der Waals surface area contributed by atoms with Crippen LogP contribution in [0.15, 0.2) is 51.8 Å². The molecule has 1 N–H and O–H groups in total. The highest BCUT2D eigenvalue weighted by Crippen LogP contribution is 2.28. The highest BCUT2D eigenvalue weighted by molar-refractivity contribution is 9.10. The van der Waals surface area contributed by atoms with Gasteiger partial charge in [0.1, 0.15) is 5.75 Å². The molecular formula is C14H11BrNO5S-. The highest BCUT2D eigenvalue weighted by Gasteiger charge is 2.16. The Balaban J connectivity index is 2.33. The molecule has 0 bridgehead atoms. The van der Waals surface area contributed by atoms with E-state index in [9.17, 15) is 18.3 Å². The van der Waals surface area contributed by atoms with E-state index >= 15 is 0 Å². The molecule has 0 amide bonds. The van der Waals surface area contributed by atoms with Crippen molar-refractivity contribution in [3.8, 4) is 5.75 Å². The van der Waals surface area contributed by atoms with Crippen LogP contribution in [0.2, 0.25) is 0 Å². The van der Waals surface area contributed by atoms with Crippen LogP contribution in [0.3, 0.4) is 0 Å². The third-order valence-electron chi connectivity index (χ3n) is 2.78. The number of rotatable bonds is 5. The predicted octanol–water partition coefficient (Wildman–Crippen LogP) is 1.62. The molecule has 0 aliphatic carbocycles. The number of carbonyl (C=O) groups excluding carboxylic acids is 1. The fourth-order valence-corrected chi connectivity index (χ4v) is 3.51. The first-order valence-electron chi connectivity index (χ1n) is 6.01. The summed E-state index contributed by atoms with van der Waals surface area (Å²) >= 11 is 3.21. The molecule has 0 aliphatic rings. The minimum Gasteiger partial charge on any atom is -0.545 e. The van der Waals surface area contributed by atoms with E-state index in [1.165, 1.54) is 49.6 Å². The molecule has 8 heteroatoms. The van der Waals surface area contributed by atoms with E-state index in [1.807, 2.05) is 0 Å². The normalized spacial score (nSPS) is 11.0. The standard InChI is InChI=1S/C14H12BrNO5S/c1-21-13-6-5-11(8-12(13)15)22(19,20)16-10-4-2-3-9(7-10)14(17)18/h2-8,16H,1H3,(H,17,18)/p-1. The van der Waals surface area contributed by atoms with Crippen molar-refractivity contribution in [1.29, 1.82) is 0 Å². The van der Waals surface area contributed by atoms with Crippen molar-refractivity contribution in [3.05, 3.63) is 52.5 Å². The van der Waals surface area contributed by atoms with E-state index in [4.69, 9.17) is 4.74 Å². The predicted molar refractivity (Wildman–Crippen MR) is 82.3 cm³/mol. The first-order valence-corrected chi connectivity index (χ1v) is 8.29. The molecule has 2 aromatic rings. The summed E-state index contributed by atoms with van der Waals surface area (Å²) in [6, 6.07) is 9.66. The van der Waals surface area contributed by atoms with Gasteiger partial charge in [-0.25, -0.2) is 8.42 Å². The Morgan fingerprint density at radius 1 is 1.23 bits per heavy atom. The first kappa shape index (κ1) is 16.3. The molecule has 0 saturated carbocycles. The summed E-state index contributed by atoms with van der Waals surface area (Å²) in [4.78, 5) is 10.8. The average Bonchev–Trinajstić information content (AvgIpc) is 2.47. The van der Waals surface area contributed by atoms with Crippen LogP contribution in [0.25, 0.3) is 0 Å². The van der Waals surface area contributed by atoms with E-state index in [-0.39, 0.29) is 16.1 Å². The van der Waals surface area contributed by atoms with Crippen molar-refractivity contribution in [3.63, 3.8) is 0 Å². The number of hydrogen-bond acceptors (Lipinski definition) is 5. The summed E-state index contributed by atoms with van der Waals surface area (Å²) in [5.41, 5.74) is 0.0183. The number of carbonyl (C=O) groups is 1. The highest BCUT2D eigenvalue weighted by atomic mass is 79.9. The molecule has 0 atom stereocenters. The monoisotopic (exact) mass is 384 g/mol. The van der Waals surface area contributed by atoms with Crippen LogP contribution in [0.5, 0.6) is 5.75 Å². The minimum atomic E-state index is -3.85. The number of benzene rings is 2. The van der Waals surface area contributed by atoms with Crippen LogP contribution in [-0.4, -0.2) is 21.5 Å². The number of hydrogen-bond donors (Lipinski definition) is 1. The Morgan fingerprint density at radius 2 is 1.95 bits per heavy atom. The van der Waals surface area contributed by atoms with Crippen LogP contribution in [0, 0.1) is 0 Å². The molecule has 2 aromatic carbocycles. The van der Waals surface area contributed by atoms with Gasteiger partial charge in [0, 0.05) is 5.69 Å². The zero-order valence-electron chi connectivity index (χ0n) is 11.4. The largest absolute Gasteiger partial charge is 0.545 e. The number of aromatic carboxylic acids is 1. The van der Waals surface area contributed by atoms with E-state index in [0.717, 1.165) is 0 Å². The van der Waals surface area contributed by atoms with E-state index in [1.54, 1.807) is 0 Å². The SMILES string of the molecule is COc1ccc(S(=O)(=O)Nc2cccc(C(=O)[O-])c2)cc1Br. The second-order valence-electron chi connectivity index (χ2n) is 4.27. The topological polar surface area (TPSA) is 95.5 Å². The van der Waals surface area contributed by atoms with Crippen molar-refractivity contribution >= 4 is 37.6 Å². The van der Waals surface area contributed by atoms with Crippen LogP contribution in [-0.2, 0) is 10.0 Å². The molecule has 6 nitrogen and oxygen atoms in total. The lowest BCUT2D eigenvalue weighted by Gasteiger charge is -2.11. The second kappa shape index (κ2) is 6.37.